The summed E-state index contributed by atoms with van der Waals surface area (Å²) in [5.74, 6) is 1.49. The summed E-state index contributed by atoms with van der Waals surface area (Å²) in [4.78, 5) is 4.65. The standard InChI is InChI=1S/C29H30Cl4N2O3/c1-5-34(6-2)15-9-11-17-19(13-15)36-20-14-16(35(7-3)8-4)10-12-18(20)29(17)22-21(27-28(37-27)38-29)23(30)25(32)26(33)24(22)31/h9,11,13-14,27-28H,5-8,10,12H2,1-4H3/t27?,28?,29-/m0/s1. The number of fused-ring (bicyclic) bond motifs is 7. The normalized spacial score (nSPS) is 24.7. The van der Waals surface area contributed by atoms with Crippen molar-refractivity contribution in [3.8, 4) is 5.75 Å². The average molecular weight is 596 g/mol. The number of benzene rings is 2. The predicted molar refractivity (Wildman–Crippen MR) is 154 cm³/mol. The average Bonchev–Trinajstić information content (AvgIpc) is 3.70. The van der Waals surface area contributed by atoms with E-state index in [1.54, 1.807) is 0 Å². The third kappa shape index (κ3) is 3.73. The third-order valence-electron chi connectivity index (χ3n) is 8.20. The zero-order valence-corrected chi connectivity index (χ0v) is 24.9. The summed E-state index contributed by atoms with van der Waals surface area (Å²) < 4.78 is 19.6. The summed E-state index contributed by atoms with van der Waals surface area (Å²) in [6.45, 7) is 12.2. The van der Waals surface area contributed by atoms with Crippen molar-refractivity contribution >= 4 is 52.1 Å². The highest BCUT2D eigenvalue weighted by Gasteiger charge is 2.62. The van der Waals surface area contributed by atoms with Crippen LogP contribution in [0.25, 0.3) is 0 Å². The van der Waals surface area contributed by atoms with Crippen molar-refractivity contribution in [2.45, 2.75) is 58.5 Å². The Labute approximate surface area is 243 Å². The van der Waals surface area contributed by atoms with Gasteiger partial charge < -0.3 is 24.0 Å². The molecule has 1 spiro atoms. The quantitative estimate of drug-likeness (QED) is 0.190. The molecule has 1 aliphatic carbocycles. The van der Waals surface area contributed by atoms with E-state index in [9.17, 15) is 0 Å². The van der Waals surface area contributed by atoms with Gasteiger partial charge in [0.15, 0.2) is 11.9 Å². The molecular formula is C29H30Cl4N2O3. The Hall–Kier alpha value is -1.60. The van der Waals surface area contributed by atoms with Crippen molar-refractivity contribution in [3.05, 3.63) is 78.1 Å². The molecule has 0 amide bonds. The van der Waals surface area contributed by atoms with E-state index in [4.69, 9.17) is 60.6 Å². The second kappa shape index (κ2) is 9.79. The van der Waals surface area contributed by atoms with Gasteiger partial charge in [0, 0.05) is 72.0 Å². The van der Waals surface area contributed by atoms with E-state index in [0.29, 0.717) is 21.4 Å². The van der Waals surface area contributed by atoms with Gasteiger partial charge in [-0.15, -0.1) is 0 Å². The maximum absolute atomic E-state index is 7.04. The Bertz CT molecular complexity index is 1380. The minimum Gasteiger partial charge on any atom is -0.457 e. The molecule has 9 heteroatoms. The second-order valence-corrected chi connectivity index (χ2v) is 11.4. The minimum atomic E-state index is -1.07. The Morgan fingerprint density at radius 2 is 1.55 bits per heavy atom. The first kappa shape index (κ1) is 26.6. The van der Waals surface area contributed by atoms with Gasteiger partial charge in [-0.1, -0.05) is 46.4 Å². The van der Waals surface area contributed by atoms with Gasteiger partial charge in [-0.3, -0.25) is 0 Å². The van der Waals surface area contributed by atoms with Crippen molar-refractivity contribution in [1.29, 1.82) is 0 Å². The molecule has 38 heavy (non-hydrogen) atoms. The van der Waals surface area contributed by atoms with Crippen molar-refractivity contribution in [2.24, 2.45) is 0 Å². The van der Waals surface area contributed by atoms with Crippen LogP contribution in [0.5, 0.6) is 5.75 Å². The first-order chi connectivity index (χ1) is 18.3. The number of rotatable bonds is 6. The smallest absolute Gasteiger partial charge is 0.191 e. The van der Waals surface area contributed by atoms with Crippen LogP contribution in [0.15, 0.2) is 41.3 Å². The SMILES string of the molecule is CCN(CC)C1=CC2=C(CC1)[C@@]1(OC3OC3c3c(Cl)c(Cl)c(Cl)c(Cl)c31)c1ccc(N(CC)CC)cc1O2. The molecule has 6 rings (SSSR count). The van der Waals surface area contributed by atoms with Gasteiger partial charge in [0.25, 0.3) is 0 Å². The lowest BCUT2D eigenvalue weighted by Gasteiger charge is -2.46. The lowest BCUT2D eigenvalue weighted by molar-refractivity contribution is -0.0579. The molecule has 0 radical (unpaired) electrons. The monoisotopic (exact) mass is 594 g/mol. The summed E-state index contributed by atoms with van der Waals surface area (Å²) in [5.41, 5.74) is 4.53. The summed E-state index contributed by atoms with van der Waals surface area (Å²) in [6, 6.07) is 6.28. The fourth-order valence-corrected chi connectivity index (χ4v) is 7.37. The van der Waals surface area contributed by atoms with E-state index in [1.807, 2.05) is 0 Å². The maximum Gasteiger partial charge on any atom is 0.191 e. The van der Waals surface area contributed by atoms with Crippen LogP contribution >= 0.6 is 46.4 Å². The number of hydrogen-bond donors (Lipinski definition) is 0. The molecule has 1 fully saturated rings. The number of hydrogen-bond acceptors (Lipinski definition) is 5. The first-order valence-electron chi connectivity index (χ1n) is 13.3. The van der Waals surface area contributed by atoms with Gasteiger partial charge in [-0.25, -0.2) is 0 Å². The van der Waals surface area contributed by atoms with Gasteiger partial charge in [0.2, 0.25) is 0 Å². The Morgan fingerprint density at radius 3 is 2.24 bits per heavy atom. The largest absolute Gasteiger partial charge is 0.457 e. The van der Waals surface area contributed by atoms with E-state index in [-0.39, 0.29) is 16.1 Å². The molecule has 4 aliphatic rings. The number of nitrogens with zero attached hydrogens (tertiary/aromatic N) is 2. The van der Waals surface area contributed by atoms with Crippen molar-refractivity contribution in [2.75, 3.05) is 31.1 Å². The fraction of sp³-hybridized carbons (Fsp3) is 0.448. The molecule has 2 unspecified atom stereocenters. The van der Waals surface area contributed by atoms with Crippen molar-refractivity contribution in [3.63, 3.8) is 0 Å². The highest BCUT2D eigenvalue weighted by molar-refractivity contribution is 6.52. The summed E-state index contributed by atoms with van der Waals surface area (Å²) >= 11 is 27.1. The van der Waals surface area contributed by atoms with E-state index >= 15 is 0 Å². The van der Waals surface area contributed by atoms with Crippen LogP contribution in [-0.2, 0) is 15.1 Å². The van der Waals surface area contributed by atoms with E-state index in [0.717, 1.165) is 67.2 Å². The lowest BCUT2D eigenvalue weighted by atomic mass is 9.71. The topological polar surface area (TPSA) is 37.5 Å². The molecule has 202 valence electrons. The molecule has 1 saturated heterocycles. The van der Waals surface area contributed by atoms with Gasteiger partial charge in [0.1, 0.15) is 17.6 Å². The minimum absolute atomic E-state index is 0.212. The molecule has 0 bridgehead atoms. The molecule has 0 N–H and O–H groups in total. The molecule has 2 aromatic rings. The van der Waals surface area contributed by atoms with Gasteiger partial charge >= 0.3 is 0 Å². The van der Waals surface area contributed by atoms with Crippen LogP contribution < -0.4 is 9.64 Å². The van der Waals surface area contributed by atoms with E-state index in [2.05, 4.69) is 61.8 Å². The Balaban J connectivity index is 1.66. The zero-order chi connectivity index (χ0) is 26.9. The first-order valence-corrected chi connectivity index (χ1v) is 14.8. The molecule has 3 heterocycles. The second-order valence-electron chi connectivity index (χ2n) is 9.87. The van der Waals surface area contributed by atoms with E-state index < -0.39 is 11.9 Å². The maximum atomic E-state index is 7.04. The highest BCUT2D eigenvalue weighted by Crippen LogP contribution is 2.65. The number of allylic oxidation sites excluding steroid dienone is 2. The van der Waals surface area contributed by atoms with Crippen molar-refractivity contribution in [1.82, 2.24) is 4.90 Å². The van der Waals surface area contributed by atoms with Crippen molar-refractivity contribution < 1.29 is 14.2 Å². The third-order valence-corrected chi connectivity index (χ3v) is 10.0. The van der Waals surface area contributed by atoms with Crippen LogP contribution in [-0.4, -0.2) is 37.4 Å². The van der Waals surface area contributed by atoms with Crippen LogP contribution in [0.2, 0.25) is 20.1 Å². The lowest BCUT2D eigenvalue weighted by Crippen LogP contribution is -2.43. The number of anilines is 1. The van der Waals surface area contributed by atoms with Crippen LogP contribution in [0.1, 0.15) is 63.3 Å². The molecule has 0 aromatic heterocycles. The van der Waals surface area contributed by atoms with Crippen LogP contribution in [0, 0.1) is 0 Å². The van der Waals surface area contributed by atoms with Gasteiger partial charge in [-0.2, -0.15) is 0 Å². The van der Waals surface area contributed by atoms with E-state index in [1.165, 1.54) is 5.70 Å². The zero-order valence-electron chi connectivity index (χ0n) is 21.8. The summed E-state index contributed by atoms with van der Waals surface area (Å²) in [5, 5.41) is 1.13. The van der Waals surface area contributed by atoms with Crippen LogP contribution in [0.4, 0.5) is 5.69 Å². The highest BCUT2D eigenvalue weighted by atomic mass is 35.5. The van der Waals surface area contributed by atoms with Crippen LogP contribution in [0.3, 0.4) is 0 Å². The summed E-state index contributed by atoms with van der Waals surface area (Å²) in [7, 11) is 0. The van der Waals surface area contributed by atoms with Gasteiger partial charge in [-0.05, 0) is 52.7 Å². The number of ether oxygens (including phenoxy) is 3. The van der Waals surface area contributed by atoms with Gasteiger partial charge in [0.05, 0.1) is 20.1 Å². The summed E-state index contributed by atoms with van der Waals surface area (Å²) in [6.07, 6.45) is 2.91. The number of epoxide rings is 1. The number of halogens is 4. The molecule has 2 aromatic carbocycles. The molecule has 0 saturated carbocycles. The molecule has 5 nitrogen and oxygen atoms in total. The molecular weight excluding hydrogens is 566 g/mol. The fourth-order valence-electron chi connectivity index (χ4n) is 6.27. The predicted octanol–water partition coefficient (Wildman–Crippen LogP) is 8.48. The Morgan fingerprint density at radius 1 is 0.868 bits per heavy atom. The molecule has 3 aliphatic heterocycles. The molecule has 3 atom stereocenters. The Kier molecular flexibility index (Phi) is 6.86.